The van der Waals surface area contributed by atoms with Gasteiger partial charge in [-0.05, 0) is 41.2 Å². The van der Waals surface area contributed by atoms with Gasteiger partial charge in [0.05, 0.1) is 5.69 Å². The van der Waals surface area contributed by atoms with Crippen LogP contribution in [-0.4, -0.2) is 10.9 Å². The number of hydrogen-bond acceptors (Lipinski definition) is 3. The summed E-state index contributed by atoms with van der Waals surface area (Å²) < 4.78 is 0. The van der Waals surface area contributed by atoms with E-state index in [-0.39, 0.29) is 5.91 Å². The van der Waals surface area contributed by atoms with Crippen LogP contribution in [0.5, 0.6) is 0 Å². The van der Waals surface area contributed by atoms with Crippen LogP contribution in [0.4, 0.5) is 5.69 Å². The van der Waals surface area contributed by atoms with Crippen molar-refractivity contribution in [1.29, 1.82) is 0 Å². The first-order valence-corrected chi connectivity index (χ1v) is 8.02. The number of pyridine rings is 1. The number of hydrogen-bond donors (Lipinski definition) is 2. The number of nitrogens with two attached hydrogens (primary N) is 1. The van der Waals surface area contributed by atoms with Crippen molar-refractivity contribution in [1.82, 2.24) is 4.98 Å². The topological polar surface area (TPSA) is 68.0 Å². The molecule has 0 aliphatic carbocycles. The second kappa shape index (κ2) is 7.38. The summed E-state index contributed by atoms with van der Waals surface area (Å²) in [7, 11) is 0. The van der Waals surface area contributed by atoms with E-state index in [1.54, 1.807) is 18.3 Å². The Balaban J connectivity index is 2.29. The van der Waals surface area contributed by atoms with Crippen molar-refractivity contribution in [3.05, 3.63) is 58.9 Å². The van der Waals surface area contributed by atoms with Crippen molar-refractivity contribution in [2.24, 2.45) is 5.73 Å². The first-order chi connectivity index (χ1) is 10.9. The minimum Gasteiger partial charge on any atom is -0.325 e. The summed E-state index contributed by atoms with van der Waals surface area (Å²) in [6.45, 7) is 8.93. The molecule has 4 nitrogen and oxygen atoms in total. The van der Waals surface area contributed by atoms with Gasteiger partial charge in [0.2, 0.25) is 0 Å². The van der Waals surface area contributed by atoms with E-state index in [2.05, 4.69) is 50.1 Å². The monoisotopic (exact) mass is 311 g/mol. The highest BCUT2D eigenvalue weighted by atomic mass is 16.1. The third-order valence-corrected chi connectivity index (χ3v) is 3.90. The molecule has 0 radical (unpaired) electrons. The summed E-state index contributed by atoms with van der Waals surface area (Å²) in [5.74, 6) is 0.659. The van der Waals surface area contributed by atoms with Crippen LogP contribution in [0.1, 0.15) is 66.7 Å². The molecule has 2 rings (SSSR count). The van der Waals surface area contributed by atoms with E-state index in [1.807, 2.05) is 6.07 Å². The fourth-order valence-corrected chi connectivity index (χ4v) is 2.46. The van der Waals surface area contributed by atoms with Gasteiger partial charge < -0.3 is 11.1 Å². The fourth-order valence-electron chi connectivity index (χ4n) is 2.46. The molecule has 2 aromatic rings. The van der Waals surface area contributed by atoms with Gasteiger partial charge >= 0.3 is 0 Å². The molecule has 1 amide bonds. The van der Waals surface area contributed by atoms with Crippen molar-refractivity contribution in [2.45, 2.75) is 46.1 Å². The summed E-state index contributed by atoms with van der Waals surface area (Å²) in [5, 5.41) is 3.02. The van der Waals surface area contributed by atoms with Crippen LogP contribution in [0.3, 0.4) is 0 Å². The molecular formula is C19H25N3O. The zero-order chi connectivity index (χ0) is 17.0. The average Bonchev–Trinajstić information content (AvgIpc) is 2.54. The van der Waals surface area contributed by atoms with Gasteiger partial charge in [-0.25, -0.2) is 0 Å². The minimum absolute atomic E-state index is 0.138. The number of nitrogens with zero attached hydrogens (tertiary/aromatic N) is 1. The molecule has 23 heavy (non-hydrogen) atoms. The highest BCUT2D eigenvalue weighted by Crippen LogP contribution is 2.28. The summed E-state index contributed by atoms with van der Waals surface area (Å²) >= 11 is 0. The van der Waals surface area contributed by atoms with Crippen LogP contribution in [-0.2, 0) is 6.54 Å². The summed E-state index contributed by atoms with van der Waals surface area (Å²) in [4.78, 5) is 16.6. The molecular weight excluding hydrogens is 286 g/mol. The minimum atomic E-state index is -0.138. The average molecular weight is 311 g/mol. The van der Waals surface area contributed by atoms with Gasteiger partial charge in [0.25, 0.3) is 5.91 Å². The maximum atomic E-state index is 12.5. The smallest absolute Gasteiger partial charge is 0.255 e. The lowest BCUT2D eigenvalue weighted by molar-refractivity contribution is 0.102. The molecule has 0 spiro atoms. The normalized spacial score (nSPS) is 11.1. The Morgan fingerprint density at radius 1 is 1.13 bits per heavy atom. The number of rotatable bonds is 5. The number of carbonyl (C=O) groups is 1. The van der Waals surface area contributed by atoms with Gasteiger partial charge in [-0.3, -0.25) is 9.78 Å². The highest BCUT2D eigenvalue weighted by Gasteiger charge is 2.13. The Morgan fingerprint density at radius 2 is 1.87 bits per heavy atom. The number of nitrogens with one attached hydrogen (secondary N) is 1. The largest absolute Gasteiger partial charge is 0.325 e. The molecule has 4 heteroatoms. The Morgan fingerprint density at radius 3 is 2.48 bits per heavy atom. The van der Waals surface area contributed by atoms with E-state index in [4.69, 9.17) is 5.73 Å². The molecule has 0 aliphatic rings. The molecule has 0 atom stereocenters. The van der Waals surface area contributed by atoms with E-state index >= 15 is 0 Å². The predicted molar refractivity (Wildman–Crippen MR) is 94.7 cm³/mol. The Labute approximate surface area is 138 Å². The zero-order valence-electron chi connectivity index (χ0n) is 14.3. The molecule has 122 valence electrons. The van der Waals surface area contributed by atoms with Gasteiger partial charge in [-0.1, -0.05) is 39.8 Å². The Kier molecular flexibility index (Phi) is 5.50. The van der Waals surface area contributed by atoms with Gasteiger partial charge in [0.1, 0.15) is 0 Å². The van der Waals surface area contributed by atoms with Crippen molar-refractivity contribution < 1.29 is 4.79 Å². The van der Waals surface area contributed by atoms with E-state index in [0.29, 0.717) is 29.6 Å². The molecule has 0 aliphatic heterocycles. The van der Waals surface area contributed by atoms with Gasteiger partial charge in [-0.15, -0.1) is 0 Å². The van der Waals surface area contributed by atoms with Crippen LogP contribution < -0.4 is 11.1 Å². The maximum absolute atomic E-state index is 12.5. The van der Waals surface area contributed by atoms with Crippen molar-refractivity contribution >= 4 is 11.6 Å². The maximum Gasteiger partial charge on any atom is 0.255 e. The molecule has 0 saturated heterocycles. The van der Waals surface area contributed by atoms with Gasteiger partial charge in [0, 0.05) is 24.0 Å². The number of benzene rings is 1. The van der Waals surface area contributed by atoms with Crippen molar-refractivity contribution in [2.75, 3.05) is 5.32 Å². The second-order valence-electron chi connectivity index (χ2n) is 6.35. The van der Waals surface area contributed by atoms with Gasteiger partial charge in [-0.2, -0.15) is 0 Å². The zero-order valence-corrected chi connectivity index (χ0v) is 14.3. The summed E-state index contributed by atoms with van der Waals surface area (Å²) in [6, 6.07) is 9.68. The third-order valence-electron chi connectivity index (χ3n) is 3.90. The van der Waals surface area contributed by atoms with Crippen molar-refractivity contribution in [3.8, 4) is 0 Å². The first kappa shape index (κ1) is 17.2. The van der Waals surface area contributed by atoms with Crippen LogP contribution in [0.25, 0.3) is 0 Å². The predicted octanol–water partition coefficient (Wildman–Crippen LogP) is 4.04. The lowest BCUT2D eigenvalue weighted by Crippen LogP contribution is -2.15. The molecule has 3 N–H and O–H groups in total. The van der Waals surface area contributed by atoms with Crippen molar-refractivity contribution in [3.63, 3.8) is 0 Å². The molecule has 1 heterocycles. The third kappa shape index (κ3) is 4.17. The molecule has 1 aromatic heterocycles. The summed E-state index contributed by atoms with van der Waals surface area (Å²) in [5.41, 5.74) is 10.2. The molecule has 0 fully saturated rings. The first-order valence-electron chi connectivity index (χ1n) is 8.02. The van der Waals surface area contributed by atoms with E-state index in [1.165, 1.54) is 5.56 Å². The van der Waals surface area contributed by atoms with Crippen LogP contribution in [0.2, 0.25) is 0 Å². The number of amides is 1. The second-order valence-corrected chi connectivity index (χ2v) is 6.35. The fraction of sp³-hybridized carbons (Fsp3) is 0.368. The van der Waals surface area contributed by atoms with Crippen LogP contribution in [0, 0.1) is 0 Å². The molecule has 1 aromatic carbocycles. The Hall–Kier alpha value is -2.20. The highest BCUT2D eigenvalue weighted by molar-refractivity contribution is 6.04. The standard InChI is InChI=1S/C19H25N3O/c1-12(2)14-5-6-18(17(10-14)13(3)4)22-19(23)15-7-8-21-16(9-15)11-20/h5-10,12-13H,11,20H2,1-4H3,(H,22,23). The molecule has 0 saturated carbocycles. The van der Waals surface area contributed by atoms with E-state index < -0.39 is 0 Å². The SMILES string of the molecule is CC(C)c1ccc(NC(=O)c2ccnc(CN)c2)c(C(C)C)c1. The quantitative estimate of drug-likeness (QED) is 0.875. The van der Waals surface area contributed by atoms with E-state index in [9.17, 15) is 4.79 Å². The van der Waals surface area contributed by atoms with E-state index in [0.717, 1.165) is 11.3 Å². The van der Waals surface area contributed by atoms with Gasteiger partial charge in [0.15, 0.2) is 0 Å². The molecule has 0 unspecified atom stereocenters. The lowest BCUT2D eigenvalue weighted by Gasteiger charge is -2.17. The number of aromatic nitrogens is 1. The number of carbonyl (C=O) groups excluding carboxylic acids is 1. The Bertz CT molecular complexity index is 693. The lowest BCUT2D eigenvalue weighted by atomic mass is 9.94. The molecule has 0 bridgehead atoms. The van der Waals surface area contributed by atoms with Crippen LogP contribution in [0.15, 0.2) is 36.5 Å². The number of anilines is 1. The van der Waals surface area contributed by atoms with Crippen LogP contribution >= 0.6 is 0 Å². The summed E-state index contributed by atoms with van der Waals surface area (Å²) in [6.07, 6.45) is 1.61.